The van der Waals surface area contributed by atoms with Gasteiger partial charge >= 0.3 is 0 Å². The van der Waals surface area contributed by atoms with E-state index in [0.717, 1.165) is 26.1 Å². The maximum Gasteiger partial charge on any atom is 0.100 e. The largest absolute Gasteiger partial charge is 0.374 e. The van der Waals surface area contributed by atoms with Crippen LogP contribution in [0.2, 0.25) is 0 Å². The molecule has 3 heterocycles. The van der Waals surface area contributed by atoms with Gasteiger partial charge in [0.2, 0.25) is 0 Å². The molecule has 0 N–H and O–H groups in total. The molecule has 2 aliphatic rings. The Bertz CT molecular complexity index is 437. The first kappa shape index (κ1) is 13.7. The monoisotopic (exact) mass is 274 g/mol. The van der Waals surface area contributed by atoms with Crippen LogP contribution in [0.25, 0.3) is 0 Å². The number of aromatic nitrogens is 1. The molecule has 108 valence electrons. The van der Waals surface area contributed by atoms with E-state index in [4.69, 9.17) is 9.47 Å². The van der Waals surface area contributed by atoms with Crippen molar-refractivity contribution in [1.82, 2.24) is 9.88 Å². The summed E-state index contributed by atoms with van der Waals surface area (Å²) >= 11 is 0. The lowest BCUT2D eigenvalue weighted by Crippen LogP contribution is -2.41. The lowest BCUT2D eigenvalue weighted by Gasteiger charge is -2.32. The Morgan fingerprint density at radius 1 is 1.45 bits per heavy atom. The topological polar surface area (TPSA) is 34.6 Å². The molecule has 3 rings (SSSR count). The average molecular weight is 274 g/mol. The molecule has 4 heteroatoms. The lowest BCUT2D eigenvalue weighted by atomic mass is 10.0. The highest BCUT2D eigenvalue weighted by atomic mass is 16.5. The molecule has 0 aliphatic carbocycles. The van der Waals surface area contributed by atoms with Crippen LogP contribution in [0.1, 0.15) is 18.4 Å². The quantitative estimate of drug-likeness (QED) is 0.769. The number of rotatable bonds is 5. The van der Waals surface area contributed by atoms with Crippen molar-refractivity contribution in [2.75, 3.05) is 19.8 Å². The first-order valence-electron chi connectivity index (χ1n) is 7.35. The summed E-state index contributed by atoms with van der Waals surface area (Å²) in [5, 5.41) is 0. The molecule has 1 aromatic rings. The van der Waals surface area contributed by atoms with Crippen molar-refractivity contribution in [1.29, 1.82) is 0 Å². The SMILES string of the molecule is C=CCO[C@H]1CN(Cc2ccncc2)[C@@H]2CCCO[C@H]12. The van der Waals surface area contributed by atoms with Crippen LogP contribution in [0.4, 0.5) is 0 Å². The van der Waals surface area contributed by atoms with Crippen molar-refractivity contribution in [2.45, 2.75) is 37.6 Å². The molecule has 3 atom stereocenters. The molecule has 0 unspecified atom stereocenters. The Hall–Kier alpha value is -1.23. The Morgan fingerprint density at radius 2 is 2.30 bits per heavy atom. The van der Waals surface area contributed by atoms with E-state index in [-0.39, 0.29) is 12.2 Å². The minimum atomic E-state index is 0.167. The summed E-state index contributed by atoms with van der Waals surface area (Å²) in [7, 11) is 0. The number of pyridine rings is 1. The Morgan fingerprint density at radius 3 is 3.10 bits per heavy atom. The lowest BCUT2D eigenvalue weighted by molar-refractivity contribution is -0.0721. The minimum Gasteiger partial charge on any atom is -0.374 e. The van der Waals surface area contributed by atoms with Crippen molar-refractivity contribution in [2.24, 2.45) is 0 Å². The third-order valence-electron chi connectivity index (χ3n) is 4.15. The zero-order valence-corrected chi connectivity index (χ0v) is 11.8. The highest BCUT2D eigenvalue weighted by Gasteiger charge is 2.44. The van der Waals surface area contributed by atoms with Crippen LogP contribution in [0.3, 0.4) is 0 Å². The summed E-state index contributed by atoms with van der Waals surface area (Å²) < 4.78 is 11.9. The highest BCUT2D eigenvalue weighted by Crippen LogP contribution is 2.31. The molecule has 0 saturated carbocycles. The van der Waals surface area contributed by atoms with Gasteiger partial charge in [-0.15, -0.1) is 6.58 Å². The van der Waals surface area contributed by atoms with Gasteiger partial charge in [-0.25, -0.2) is 0 Å². The molecule has 0 amide bonds. The smallest absolute Gasteiger partial charge is 0.100 e. The van der Waals surface area contributed by atoms with Crippen LogP contribution in [0.5, 0.6) is 0 Å². The summed E-state index contributed by atoms with van der Waals surface area (Å²) in [5.41, 5.74) is 1.30. The van der Waals surface area contributed by atoms with E-state index >= 15 is 0 Å². The predicted octanol–water partition coefficient (Wildman–Crippen LogP) is 2.02. The number of fused-ring (bicyclic) bond motifs is 1. The molecule has 0 bridgehead atoms. The molecule has 1 aromatic heterocycles. The van der Waals surface area contributed by atoms with Gasteiger partial charge in [0.15, 0.2) is 0 Å². The Labute approximate surface area is 120 Å². The van der Waals surface area contributed by atoms with Crippen LogP contribution in [0.15, 0.2) is 37.2 Å². The van der Waals surface area contributed by atoms with E-state index in [2.05, 4.69) is 28.6 Å². The summed E-state index contributed by atoms with van der Waals surface area (Å²) in [6.45, 7) is 7.06. The van der Waals surface area contributed by atoms with E-state index in [0.29, 0.717) is 12.6 Å². The van der Waals surface area contributed by atoms with E-state index in [9.17, 15) is 0 Å². The van der Waals surface area contributed by atoms with E-state index < -0.39 is 0 Å². The zero-order chi connectivity index (χ0) is 13.8. The van der Waals surface area contributed by atoms with Gasteiger partial charge in [0, 0.05) is 38.1 Å². The fourth-order valence-corrected chi connectivity index (χ4v) is 3.25. The van der Waals surface area contributed by atoms with Crippen LogP contribution >= 0.6 is 0 Å². The van der Waals surface area contributed by atoms with Crippen molar-refractivity contribution < 1.29 is 9.47 Å². The molecule has 4 nitrogen and oxygen atoms in total. The highest BCUT2D eigenvalue weighted by molar-refractivity contribution is 5.11. The third kappa shape index (κ3) is 2.92. The zero-order valence-electron chi connectivity index (χ0n) is 11.8. The molecule has 2 saturated heterocycles. The molecule has 2 aliphatic heterocycles. The molecule has 0 spiro atoms. The van der Waals surface area contributed by atoms with Gasteiger partial charge in [-0.05, 0) is 30.5 Å². The summed E-state index contributed by atoms with van der Waals surface area (Å²) in [4.78, 5) is 6.57. The van der Waals surface area contributed by atoms with Gasteiger partial charge in [0.25, 0.3) is 0 Å². The van der Waals surface area contributed by atoms with E-state index in [1.54, 1.807) is 0 Å². The molecular weight excluding hydrogens is 252 g/mol. The van der Waals surface area contributed by atoms with Gasteiger partial charge in [-0.3, -0.25) is 9.88 Å². The van der Waals surface area contributed by atoms with Crippen LogP contribution in [-0.4, -0.2) is 47.9 Å². The second-order valence-corrected chi connectivity index (χ2v) is 5.49. The van der Waals surface area contributed by atoms with Gasteiger partial charge in [-0.1, -0.05) is 6.08 Å². The fourth-order valence-electron chi connectivity index (χ4n) is 3.25. The summed E-state index contributed by atoms with van der Waals surface area (Å²) in [5.74, 6) is 0. The first-order valence-corrected chi connectivity index (χ1v) is 7.35. The fraction of sp³-hybridized carbons (Fsp3) is 0.562. The molecule has 2 fully saturated rings. The Kier molecular flexibility index (Phi) is 4.45. The van der Waals surface area contributed by atoms with Crippen molar-refractivity contribution in [3.05, 3.63) is 42.7 Å². The van der Waals surface area contributed by atoms with E-state index in [1.165, 1.54) is 12.0 Å². The third-order valence-corrected chi connectivity index (χ3v) is 4.15. The van der Waals surface area contributed by atoms with Crippen molar-refractivity contribution in [3.63, 3.8) is 0 Å². The van der Waals surface area contributed by atoms with Crippen molar-refractivity contribution >= 4 is 0 Å². The predicted molar refractivity (Wildman–Crippen MR) is 77.3 cm³/mol. The number of ether oxygens (including phenoxy) is 2. The second kappa shape index (κ2) is 6.48. The van der Waals surface area contributed by atoms with Gasteiger partial charge in [-0.2, -0.15) is 0 Å². The molecule has 0 aromatic carbocycles. The second-order valence-electron chi connectivity index (χ2n) is 5.49. The van der Waals surface area contributed by atoms with Crippen LogP contribution in [-0.2, 0) is 16.0 Å². The molecule has 20 heavy (non-hydrogen) atoms. The summed E-state index contributed by atoms with van der Waals surface area (Å²) in [6, 6.07) is 4.64. The maximum absolute atomic E-state index is 5.97. The molecule has 0 radical (unpaired) electrons. The number of hydrogen-bond acceptors (Lipinski definition) is 4. The maximum atomic E-state index is 5.97. The van der Waals surface area contributed by atoms with E-state index in [1.807, 2.05) is 18.5 Å². The number of likely N-dealkylation sites (tertiary alicyclic amines) is 1. The number of hydrogen-bond donors (Lipinski definition) is 0. The van der Waals surface area contributed by atoms with Crippen LogP contribution < -0.4 is 0 Å². The van der Waals surface area contributed by atoms with Crippen LogP contribution in [0, 0.1) is 0 Å². The average Bonchev–Trinajstić information content (AvgIpc) is 2.85. The van der Waals surface area contributed by atoms with Crippen molar-refractivity contribution in [3.8, 4) is 0 Å². The van der Waals surface area contributed by atoms with Gasteiger partial charge in [0.05, 0.1) is 12.7 Å². The van der Waals surface area contributed by atoms with Gasteiger partial charge in [0.1, 0.15) is 6.10 Å². The minimum absolute atomic E-state index is 0.167. The molecular formula is C16H22N2O2. The normalized spacial score (nSPS) is 30.1. The standard InChI is InChI=1S/C16H22N2O2/c1-2-9-19-15-12-18(11-13-5-7-17-8-6-13)14-4-3-10-20-16(14)15/h2,5-8,14-16H,1,3-4,9-12H2/t14-,15+,16+/m1/s1. The van der Waals surface area contributed by atoms with Gasteiger partial charge < -0.3 is 9.47 Å². The number of nitrogens with zero attached hydrogens (tertiary/aromatic N) is 2. The first-order chi connectivity index (χ1) is 9.88. The summed E-state index contributed by atoms with van der Waals surface area (Å²) in [6.07, 6.45) is 8.23. The Balaban J connectivity index is 1.69.